The summed E-state index contributed by atoms with van der Waals surface area (Å²) in [6, 6.07) is 11.5. The number of alkyl halides is 3. The van der Waals surface area contributed by atoms with E-state index in [1.54, 1.807) is 0 Å². The van der Waals surface area contributed by atoms with Crippen molar-refractivity contribution in [1.29, 1.82) is 0 Å². The molecule has 0 atom stereocenters. The van der Waals surface area contributed by atoms with Gasteiger partial charge in [-0.2, -0.15) is 0 Å². The van der Waals surface area contributed by atoms with E-state index in [0.717, 1.165) is 18.2 Å². The molecular formula is C20H11ClF4N2O3. The molecule has 2 heterocycles. The highest BCUT2D eigenvalue weighted by atomic mass is 35.5. The maximum Gasteiger partial charge on any atom is 0.573 e. The summed E-state index contributed by atoms with van der Waals surface area (Å²) < 4.78 is 56.5. The molecule has 4 aromatic rings. The van der Waals surface area contributed by atoms with Crippen LogP contribution in [0.2, 0.25) is 5.15 Å². The van der Waals surface area contributed by atoms with E-state index in [1.165, 1.54) is 41.0 Å². The van der Waals surface area contributed by atoms with Gasteiger partial charge in [0.15, 0.2) is 5.75 Å². The van der Waals surface area contributed by atoms with E-state index in [9.17, 15) is 27.5 Å². The van der Waals surface area contributed by atoms with E-state index in [4.69, 9.17) is 11.6 Å². The second kappa shape index (κ2) is 7.10. The fourth-order valence-electron chi connectivity index (χ4n) is 3.18. The van der Waals surface area contributed by atoms with Crippen molar-refractivity contribution in [2.24, 2.45) is 0 Å². The van der Waals surface area contributed by atoms with Crippen LogP contribution in [0.15, 0.2) is 59.4 Å². The van der Waals surface area contributed by atoms with Crippen molar-refractivity contribution in [3.05, 3.63) is 75.9 Å². The Hall–Kier alpha value is -3.46. The number of ether oxygens (including phenoxy) is 1. The van der Waals surface area contributed by atoms with E-state index >= 15 is 0 Å². The molecule has 10 heteroatoms. The van der Waals surface area contributed by atoms with Crippen LogP contribution in [0.4, 0.5) is 17.6 Å². The molecule has 2 aromatic carbocycles. The summed E-state index contributed by atoms with van der Waals surface area (Å²) in [5.41, 5.74) is -0.635. The first-order valence-corrected chi connectivity index (χ1v) is 8.81. The Morgan fingerprint density at radius 3 is 2.37 bits per heavy atom. The summed E-state index contributed by atoms with van der Waals surface area (Å²) in [4.78, 5) is 15.0. The van der Waals surface area contributed by atoms with Crippen LogP contribution in [0.5, 0.6) is 11.5 Å². The summed E-state index contributed by atoms with van der Waals surface area (Å²) in [7, 11) is 0. The standard InChI is InChI=1S/C20H11ClF4N2O3/c21-15-9-14-17(27(15)10-5-7-11(8-6-10)30-20(23,24)25)18(28)16(19(29)26-14)12-3-1-2-4-13(12)22/h1-9H,(H2,26,28,29). The van der Waals surface area contributed by atoms with E-state index in [2.05, 4.69) is 9.72 Å². The van der Waals surface area contributed by atoms with Crippen molar-refractivity contribution in [2.75, 3.05) is 0 Å². The van der Waals surface area contributed by atoms with Crippen molar-refractivity contribution in [3.63, 3.8) is 0 Å². The molecule has 2 aromatic heterocycles. The van der Waals surface area contributed by atoms with Gasteiger partial charge in [0.25, 0.3) is 5.56 Å². The molecule has 2 N–H and O–H groups in total. The van der Waals surface area contributed by atoms with E-state index in [1.807, 2.05) is 0 Å². The molecule has 0 radical (unpaired) electrons. The lowest BCUT2D eigenvalue weighted by Gasteiger charge is -2.13. The van der Waals surface area contributed by atoms with Crippen molar-refractivity contribution in [1.82, 2.24) is 9.55 Å². The molecule has 0 spiro atoms. The minimum absolute atomic E-state index is 0.0577. The van der Waals surface area contributed by atoms with Crippen molar-refractivity contribution < 1.29 is 27.4 Å². The molecule has 0 bridgehead atoms. The molecule has 154 valence electrons. The zero-order valence-electron chi connectivity index (χ0n) is 14.8. The topological polar surface area (TPSA) is 67.2 Å². The number of nitrogens with zero attached hydrogens (tertiary/aromatic N) is 1. The van der Waals surface area contributed by atoms with Crippen LogP contribution in [0.1, 0.15) is 0 Å². The van der Waals surface area contributed by atoms with Gasteiger partial charge in [-0.25, -0.2) is 4.39 Å². The van der Waals surface area contributed by atoms with Gasteiger partial charge in [-0.1, -0.05) is 29.8 Å². The minimum atomic E-state index is -4.84. The number of benzene rings is 2. The first-order valence-electron chi connectivity index (χ1n) is 8.43. The average molecular weight is 439 g/mol. The number of aromatic amines is 1. The molecule has 0 aliphatic rings. The Labute approximate surface area is 170 Å². The lowest BCUT2D eigenvalue weighted by Crippen LogP contribution is -2.17. The summed E-state index contributed by atoms with van der Waals surface area (Å²) in [5.74, 6) is -1.68. The summed E-state index contributed by atoms with van der Waals surface area (Å²) in [5, 5.41) is 10.9. The van der Waals surface area contributed by atoms with E-state index in [-0.39, 0.29) is 33.0 Å². The second-order valence-electron chi connectivity index (χ2n) is 6.26. The molecule has 0 saturated carbocycles. The van der Waals surface area contributed by atoms with Gasteiger partial charge in [0.05, 0.1) is 11.1 Å². The van der Waals surface area contributed by atoms with Crippen LogP contribution in [-0.2, 0) is 0 Å². The van der Waals surface area contributed by atoms with Gasteiger partial charge in [0.1, 0.15) is 22.2 Å². The Morgan fingerprint density at radius 2 is 1.73 bits per heavy atom. The Kier molecular flexibility index (Phi) is 4.70. The zero-order valence-corrected chi connectivity index (χ0v) is 15.6. The molecule has 5 nitrogen and oxygen atoms in total. The number of aromatic nitrogens is 2. The van der Waals surface area contributed by atoms with Crippen LogP contribution in [-0.4, -0.2) is 21.0 Å². The third-order valence-electron chi connectivity index (χ3n) is 4.36. The molecule has 0 fully saturated rings. The van der Waals surface area contributed by atoms with Crippen molar-refractivity contribution in [2.45, 2.75) is 6.36 Å². The van der Waals surface area contributed by atoms with Crippen LogP contribution in [0, 0.1) is 5.82 Å². The largest absolute Gasteiger partial charge is 0.573 e. The number of fused-ring (bicyclic) bond motifs is 1. The zero-order chi connectivity index (χ0) is 21.6. The maximum atomic E-state index is 14.2. The average Bonchev–Trinajstić information content (AvgIpc) is 2.98. The smallest absolute Gasteiger partial charge is 0.505 e. The minimum Gasteiger partial charge on any atom is -0.505 e. The fraction of sp³-hybridized carbons (Fsp3) is 0.0500. The van der Waals surface area contributed by atoms with Gasteiger partial charge >= 0.3 is 6.36 Å². The van der Waals surface area contributed by atoms with Crippen LogP contribution < -0.4 is 10.3 Å². The second-order valence-corrected chi connectivity index (χ2v) is 6.65. The van der Waals surface area contributed by atoms with Gasteiger partial charge in [-0.3, -0.25) is 9.36 Å². The van der Waals surface area contributed by atoms with E-state index < -0.39 is 29.2 Å². The predicted octanol–water partition coefficient (Wildman–Crippen LogP) is 5.38. The third kappa shape index (κ3) is 3.48. The fourth-order valence-corrected chi connectivity index (χ4v) is 3.47. The third-order valence-corrected chi connectivity index (χ3v) is 4.64. The van der Waals surface area contributed by atoms with Gasteiger partial charge in [-0.05, 0) is 36.4 Å². The molecule has 0 unspecified atom stereocenters. The summed E-state index contributed by atoms with van der Waals surface area (Å²) >= 11 is 6.25. The van der Waals surface area contributed by atoms with Gasteiger partial charge < -0.3 is 14.8 Å². The quantitative estimate of drug-likeness (QED) is 0.422. The van der Waals surface area contributed by atoms with E-state index in [0.29, 0.717) is 0 Å². The number of halogens is 5. The number of H-pyrrole nitrogens is 1. The molecular weight excluding hydrogens is 428 g/mol. The van der Waals surface area contributed by atoms with Crippen molar-refractivity contribution >= 4 is 22.6 Å². The van der Waals surface area contributed by atoms with Gasteiger partial charge in [0.2, 0.25) is 0 Å². The Balaban J connectivity index is 1.92. The van der Waals surface area contributed by atoms with Crippen molar-refractivity contribution in [3.8, 4) is 28.3 Å². The van der Waals surface area contributed by atoms with Gasteiger partial charge in [0, 0.05) is 11.3 Å². The summed E-state index contributed by atoms with van der Waals surface area (Å²) in [6.45, 7) is 0. The normalized spacial score (nSPS) is 11.8. The molecule has 0 aliphatic carbocycles. The van der Waals surface area contributed by atoms with Crippen LogP contribution in [0.3, 0.4) is 0 Å². The number of hydrogen-bond donors (Lipinski definition) is 2. The predicted molar refractivity (Wildman–Crippen MR) is 103 cm³/mol. The molecule has 0 amide bonds. The van der Waals surface area contributed by atoms with Gasteiger partial charge in [-0.15, -0.1) is 13.2 Å². The maximum absolute atomic E-state index is 14.2. The van der Waals surface area contributed by atoms with Crippen LogP contribution in [0.25, 0.3) is 27.8 Å². The first kappa shape index (κ1) is 19.8. The highest BCUT2D eigenvalue weighted by Gasteiger charge is 2.31. The van der Waals surface area contributed by atoms with Crippen LogP contribution >= 0.6 is 11.6 Å². The Bertz CT molecular complexity index is 1310. The molecule has 0 saturated heterocycles. The highest BCUT2D eigenvalue weighted by molar-refractivity contribution is 6.31. The lowest BCUT2D eigenvalue weighted by molar-refractivity contribution is -0.274. The Morgan fingerprint density at radius 1 is 1.07 bits per heavy atom. The molecule has 30 heavy (non-hydrogen) atoms. The highest BCUT2D eigenvalue weighted by Crippen LogP contribution is 2.38. The summed E-state index contributed by atoms with van der Waals surface area (Å²) in [6.07, 6.45) is -4.84. The first-order chi connectivity index (χ1) is 14.2. The number of hydrogen-bond acceptors (Lipinski definition) is 3. The lowest BCUT2D eigenvalue weighted by atomic mass is 10.1. The monoisotopic (exact) mass is 438 g/mol. The SMILES string of the molecule is O=c1[nH]c2cc(Cl)n(-c3ccc(OC(F)(F)F)cc3)c2c(O)c1-c1ccccc1F. The number of pyridine rings is 1. The number of aromatic hydroxyl groups is 1. The molecule has 4 rings (SSSR count). The molecule has 0 aliphatic heterocycles. The number of rotatable bonds is 3. The number of nitrogens with one attached hydrogen (secondary N) is 1.